The van der Waals surface area contributed by atoms with Gasteiger partial charge in [0.25, 0.3) is 11.8 Å². The molecule has 0 saturated carbocycles. The minimum atomic E-state index is -1.19. The van der Waals surface area contributed by atoms with Crippen LogP contribution in [0, 0.1) is 17.5 Å². The molecule has 2 aliphatic rings. The summed E-state index contributed by atoms with van der Waals surface area (Å²) in [7, 11) is 0. The number of hydrogen-bond acceptors (Lipinski definition) is 4. The fourth-order valence-electron chi connectivity index (χ4n) is 3.85. The summed E-state index contributed by atoms with van der Waals surface area (Å²) in [6.45, 7) is 2.02. The van der Waals surface area contributed by atoms with Gasteiger partial charge in [-0.25, -0.2) is 13.2 Å². The fourth-order valence-corrected chi connectivity index (χ4v) is 3.85. The smallest absolute Gasteiger partial charge is 0.274 e. The molecule has 0 radical (unpaired) electrons. The van der Waals surface area contributed by atoms with E-state index in [1.165, 1.54) is 15.7 Å². The van der Waals surface area contributed by atoms with Gasteiger partial charge in [0.15, 0.2) is 11.4 Å². The van der Waals surface area contributed by atoms with Crippen molar-refractivity contribution in [1.29, 1.82) is 0 Å². The van der Waals surface area contributed by atoms with E-state index in [-0.39, 0.29) is 11.7 Å². The summed E-state index contributed by atoms with van der Waals surface area (Å²) < 4.78 is 42.0. The van der Waals surface area contributed by atoms with Gasteiger partial charge in [-0.3, -0.25) is 14.4 Å². The average Bonchev–Trinajstić information content (AvgIpc) is 2.87. The lowest BCUT2D eigenvalue weighted by Crippen LogP contribution is -2.44. The molecule has 10 heteroatoms. The van der Waals surface area contributed by atoms with Gasteiger partial charge in [-0.05, 0) is 13.3 Å². The number of amides is 2. The van der Waals surface area contributed by atoms with Gasteiger partial charge in [0.05, 0.1) is 6.04 Å². The first-order chi connectivity index (χ1) is 14.7. The Bertz CT molecular complexity index is 1180. The van der Waals surface area contributed by atoms with Crippen molar-refractivity contribution < 1.29 is 27.9 Å². The van der Waals surface area contributed by atoms with E-state index in [0.29, 0.717) is 31.6 Å². The van der Waals surface area contributed by atoms with E-state index in [4.69, 9.17) is 0 Å². The Morgan fingerprint density at radius 1 is 1.23 bits per heavy atom. The van der Waals surface area contributed by atoms with Gasteiger partial charge < -0.3 is 19.9 Å². The zero-order chi connectivity index (χ0) is 22.4. The summed E-state index contributed by atoms with van der Waals surface area (Å²) in [6, 6.07) is 0.560. The molecule has 2 N–H and O–H groups in total. The second-order valence-electron chi connectivity index (χ2n) is 7.59. The molecule has 0 fully saturated rings. The van der Waals surface area contributed by atoms with Crippen molar-refractivity contribution in [2.75, 3.05) is 13.1 Å². The molecule has 2 amide bonds. The standard InChI is InChI=1S/C21H18F3N3O4/c1-10-2-3-26-8-12(4-10)27-9-14(18(28)19(29)17(27)21(26)31)20(30)25-7-13-15(23)5-11(22)6-16(13)24/h4-6,9,12,29H,2-3,7-8H2,1H3,(H,25,30). The van der Waals surface area contributed by atoms with Crippen LogP contribution in [0.5, 0.6) is 5.75 Å². The molecule has 0 aliphatic carbocycles. The maximum Gasteiger partial charge on any atom is 0.274 e. The first-order valence-corrected chi connectivity index (χ1v) is 9.53. The van der Waals surface area contributed by atoms with Crippen LogP contribution < -0.4 is 10.7 Å². The minimum absolute atomic E-state index is 0.209. The van der Waals surface area contributed by atoms with Gasteiger partial charge in [-0.15, -0.1) is 0 Å². The predicted molar refractivity (Wildman–Crippen MR) is 103 cm³/mol. The molecule has 1 aromatic heterocycles. The van der Waals surface area contributed by atoms with Crippen molar-refractivity contribution in [2.24, 2.45) is 0 Å². The quantitative estimate of drug-likeness (QED) is 0.727. The molecule has 0 saturated heterocycles. The lowest BCUT2D eigenvalue weighted by Gasteiger charge is -2.33. The normalized spacial score (nSPS) is 17.7. The minimum Gasteiger partial charge on any atom is -0.503 e. The molecule has 2 aromatic rings. The fraction of sp³-hybridized carbons (Fsp3) is 0.286. The summed E-state index contributed by atoms with van der Waals surface area (Å²) in [5, 5.41) is 12.6. The van der Waals surface area contributed by atoms with Crippen LogP contribution in [-0.2, 0) is 6.54 Å². The molecule has 4 rings (SSSR count). The molecule has 1 unspecified atom stereocenters. The first-order valence-electron chi connectivity index (χ1n) is 9.53. The number of carbonyl (C=O) groups excluding carboxylic acids is 2. The Morgan fingerprint density at radius 3 is 2.58 bits per heavy atom. The number of carbonyl (C=O) groups is 2. The highest BCUT2D eigenvalue weighted by atomic mass is 19.1. The van der Waals surface area contributed by atoms with Crippen molar-refractivity contribution in [2.45, 2.75) is 25.9 Å². The molecule has 162 valence electrons. The molecule has 31 heavy (non-hydrogen) atoms. The summed E-state index contributed by atoms with van der Waals surface area (Å²) in [5.41, 5.74) is -1.33. The van der Waals surface area contributed by atoms with Crippen LogP contribution in [0.2, 0.25) is 0 Å². The number of aromatic hydroxyl groups is 1. The highest BCUT2D eigenvalue weighted by Crippen LogP contribution is 2.30. The zero-order valence-corrected chi connectivity index (χ0v) is 16.4. The largest absolute Gasteiger partial charge is 0.503 e. The summed E-state index contributed by atoms with van der Waals surface area (Å²) in [6.07, 6.45) is 3.70. The van der Waals surface area contributed by atoms with E-state index < -0.39 is 58.1 Å². The van der Waals surface area contributed by atoms with Crippen LogP contribution >= 0.6 is 0 Å². The number of rotatable bonds is 3. The lowest BCUT2D eigenvalue weighted by molar-refractivity contribution is 0.0687. The molecule has 0 spiro atoms. The molecule has 7 nitrogen and oxygen atoms in total. The predicted octanol–water partition coefficient (Wildman–Crippen LogP) is 2.25. The van der Waals surface area contributed by atoms with Crippen LogP contribution in [0.4, 0.5) is 13.2 Å². The Morgan fingerprint density at radius 2 is 1.90 bits per heavy atom. The number of aromatic nitrogens is 1. The SMILES string of the molecule is CC1=CC2CN(CC1)C(=O)c1c(O)c(=O)c(C(=O)NCc3c(F)cc(F)cc3F)cn12. The molecule has 2 bridgehead atoms. The van der Waals surface area contributed by atoms with Gasteiger partial charge in [-0.1, -0.05) is 11.6 Å². The third-order valence-corrected chi connectivity index (χ3v) is 5.49. The zero-order valence-electron chi connectivity index (χ0n) is 16.4. The summed E-state index contributed by atoms with van der Waals surface area (Å²) in [5.74, 6) is -5.85. The monoisotopic (exact) mass is 433 g/mol. The Labute approximate surface area is 174 Å². The van der Waals surface area contributed by atoms with Gasteiger partial charge in [0, 0.05) is 43.5 Å². The molecular formula is C21H18F3N3O4. The molecule has 2 aliphatic heterocycles. The Kier molecular flexibility index (Phi) is 5.08. The number of nitrogens with one attached hydrogen (secondary N) is 1. The van der Waals surface area contributed by atoms with E-state index in [2.05, 4.69) is 5.32 Å². The molecule has 1 atom stereocenters. The Balaban J connectivity index is 1.70. The first kappa shape index (κ1) is 20.7. The van der Waals surface area contributed by atoms with Crippen LogP contribution in [0.3, 0.4) is 0 Å². The van der Waals surface area contributed by atoms with E-state index >= 15 is 0 Å². The van der Waals surface area contributed by atoms with Crippen LogP contribution in [-0.4, -0.2) is 39.5 Å². The van der Waals surface area contributed by atoms with E-state index in [9.17, 15) is 32.7 Å². The molecular weight excluding hydrogens is 415 g/mol. The lowest BCUT2D eigenvalue weighted by atomic mass is 10.1. The number of pyridine rings is 1. The maximum atomic E-state index is 13.8. The number of fused-ring (bicyclic) bond motifs is 4. The Hall–Kier alpha value is -3.56. The van der Waals surface area contributed by atoms with Crippen LogP contribution in [0.25, 0.3) is 0 Å². The topological polar surface area (TPSA) is 91.6 Å². The van der Waals surface area contributed by atoms with Gasteiger partial charge >= 0.3 is 0 Å². The van der Waals surface area contributed by atoms with E-state index in [1.54, 1.807) is 0 Å². The second-order valence-corrected chi connectivity index (χ2v) is 7.59. The van der Waals surface area contributed by atoms with Crippen molar-refractivity contribution in [3.05, 3.63) is 74.5 Å². The van der Waals surface area contributed by atoms with Crippen LogP contribution in [0.1, 0.15) is 45.8 Å². The third kappa shape index (κ3) is 3.58. The van der Waals surface area contributed by atoms with Crippen molar-refractivity contribution in [1.82, 2.24) is 14.8 Å². The average molecular weight is 433 g/mol. The number of hydrogen-bond donors (Lipinski definition) is 2. The number of benzene rings is 1. The van der Waals surface area contributed by atoms with E-state index in [0.717, 1.165) is 5.57 Å². The highest BCUT2D eigenvalue weighted by Gasteiger charge is 2.35. The van der Waals surface area contributed by atoms with Gasteiger partial charge in [-0.2, -0.15) is 0 Å². The van der Waals surface area contributed by atoms with Crippen molar-refractivity contribution in [3.8, 4) is 5.75 Å². The molecule has 3 heterocycles. The van der Waals surface area contributed by atoms with E-state index in [1.807, 2.05) is 13.0 Å². The highest BCUT2D eigenvalue weighted by molar-refractivity contribution is 5.99. The second kappa shape index (κ2) is 7.60. The van der Waals surface area contributed by atoms with Crippen molar-refractivity contribution in [3.63, 3.8) is 0 Å². The summed E-state index contributed by atoms with van der Waals surface area (Å²) in [4.78, 5) is 39.4. The van der Waals surface area contributed by atoms with Crippen LogP contribution in [0.15, 0.2) is 34.8 Å². The van der Waals surface area contributed by atoms with Crippen molar-refractivity contribution >= 4 is 11.8 Å². The maximum absolute atomic E-state index is 13.8. The number of halogens is 3. The molecule has 1 aromatic carbocycles. The summed E-state index contributed by atoms with van der Waals surface area (Å²) >= 11 is 0. The van der Waals surface area contributed by atoms with Gasteiger partial charge in [0.2, 0.25) is 5.43 Å². The number of nitrogens with zero attached hydrogens (tertiary/aromatic N) is 2. The third-order valence-electron chi connectivity index (χ3n) is 5.49. The van der Waals surface area contributed by atoms with Gasteiger partial charge in [0.1, 0.15) is 23.0 Å².